The van der Waals surface area contributed by atoms with E-state index in [9.17, 15) is 5.11 Å². The fourth-order valence-electron chi connectivity index (χ4n) is 4.74. The van der Waals surface area contributed by atoms with Crippen molar-refractivity contribution in [2.45, 2.75) is 25.4 Å². The normalized spacial score (nSPS) is 43.5. The summed E-state index contributed by atoms with van der Waals surface area (Å²) < 4.78 is 0. The van der Waals surface area contributed by atoms with Crippen LogP contribution in [0.2, 0.25) is 5.02 Å². The van der Waals surface area contributed by atoms with E-state index in [0.29, 0.717) is 5.92 Å². The van der Waals surface area contributed by atoms with Crippen LogP contribution in [-0.2, 0) is 0 Å². The molecular weight excluding hydrogens is 232 g/mol. The lowest BCUT2D eigenvalue weighted by Gasteiger charge is -2.16. The van der Waals surface area contributed by atoms with Crippen LogP contribution in [0.4, 0.5) is 0 Å². The molecule has 1 aromatic carbocycles. The van der Waals surface area contributed by atoms with Gasteiger partial charge in [-0.05, 0) is 60.5 Å². The summed E-state index contributed by atoms with van der Waals surface area (Å²) in [7, 11) is 0. The molecule has 3 aliphatic carbocycles. The van der Waals surface area contributed by atoms with Crippen molar-refractivity contribution in [3.8, 4) is 0 Å². The molecule has 1 nitrogen and oxygen atoms in total. The standard InChI is InChI=1S/C15H17ClO/c16-11-4-2-1-3-10(11)15(17)14-12-8-5-6-9(7-8)13(12)14/h1-4,8-9,12-15,17H,5-7H2. The second kappa shape index (κ2) is 3.49. The van der Waals surface area contributed by atoms with Crippen molar-refractivity contribution in [3.63, 3.8) is 0 Å². The van der Waals surface area contributed by atoms with Gasteiger partial charge in [-0.3, -0.25) is 0 Å². The highest BCUT2D eigenvalue weighted by molar-refractivity contribution is 6.31. The Morgan fingerprint density at radius 2 is 1.76 bits per heavy atom. The van der Waals surface area contributed by atoms with E-state index in [2.05, 4.69) is 0 Å². The van der Waals surface area contributed by atoms with Crippen LogP contribution < -0.4 is 0 Å². The minimum absolute atomic E-state index is 0.331. The molecule has 3 fully saturated rings. The third-order valence-corrected chi connectivity index (χ3v) is 5.73. The van der Waals surface area contributed by atoms with Gasteiger partial charge in [-0.25, -0.2) is 0 Å². The zero-order valence-corrected chi connectivity index (χ0v) is 10.5. The van der Waals surface area contributed by atoms with Crippen molar-refractivity contribution < 1.29 is 5.11 Å². The van der Waals surface area contributed by atoms with E-state index in [1.165, 1.54) is 19.3 Å². The first kappa shape index (κ1) is 10.4. The molecule has 0 aliphatic heterocycles. The molecule has 0 spiro atoms. The van der Waals surface area contributed by atoms with E-state index < -0.39 is 0 Å². The average molecular weight is 249 g/mol. The van der Waals surface area contributed by atoms with Crippen molar-refractivity contribution >= 4 is 11.6 Å². The number of aliphatic hydroxyl groups is 1. The van der Waals surface area contributed by atoms with Crippen LogP contribution in [0.25, 0.3) is 0 Å². The van der Waals surface area contributed by atoms with Gasteiger partial charge in [-0.15, -0.1) is 0 Å². The lowest BCUT2D eigenvalue weighted by atomic mass is 9.95. The zero-order chi connectivity index (χ0) is 11.6. The van der Waals surface area contributed by atoms with Crippen molar-refractivity contribution in [2.75, 3.05) is 0 Å². The lowest BCUT2D eigenvalue weighted by Crippen LogP contribution is -2.08. The molecule has 0 radical (unpaired) electrons. The number of halogens is 1. The summed E-state index contributed by atoms with van der Waals surface area (Å²) in [6.07, 6.45) is 3.90. The monoisotopic (exact) mass is 248 g/mol. The van der Waals surface area contributed by atoms with Crippen LogP contribution in [0, 0.1) is 29.6 Å². The quantitative estimate of drug-likeness (QED) is 0.847. The fourth-order valence-corrected chi connectivity index (χ4v) is 4.98. The molecular formula is C15H17ClO. The summed E-state index contributed by atoms with van der Waals surface area (Å²) in [5, 5.41) is 11.2. The Labute approximate surface area is 107 Å². The number of hydrogen-bond donors (Lipinski definition) is 1. The minimum Gasteiger partial charge on any atom is -0.388 e. The van der Waals surface area contributed by atoms with Gasteiger partial charge in [0.05, 0.1) is 6.10 Å². The predicted octanol–water partition coefficient (Wildman–Crippen LogP) is 3.67. The topological polar surface area (TPSA) is 20.2 Å². The summed E-state index contributed by atoms with van der Waals surface area (Å²) in [5.41, 5.74) is 0.938. The number of hydrogen-bond acceptors (Lipinski definition) is 1. The van der Waals surface area contributed by atoms with Gasteiger partial charge >= 0.3 is 0 Å². The molecule has 1 aromatic rings. The third kappa shape index (κ3) is 1.36. The zero-order valence-electron chi connectivity index (χ0n) is 9.72. The van der Waals surface area contributed by atoms with Crippen molar-refractivity contribution in [3.05, 3.63) is 34.9 Å². The maximum absolute atomic E-state index is 10.5. The van der Waals surface area contributed by atoms with Gasteiger partial charge < -0.3 is 5.11 Å². The first-order chi connectivity index (χ1) is 8.27. The van der Waals surface area contributed by atoms with Gasteiger partial charge in [-0.1, -0.05) is 29.8 Å². The Hall–Kier alpha value is -0.530. The Morgan fingerprint density at radius 1 is 1.12 bits per heavy atom. The Bertz CT molecular complexity index is 442. The van der Waals surface area contributed by atoms with Gasteiger partial charge in [0.15, 0.2) is 0 Å². The second-order valence-electron chi connectivity index (χ2n) is 6.03. The average Bonchev–Trinajstić information content (AvgIpc) is 2.77. The molecule has 2 bridgehead atoms. The van der Waals surface area contributed by atoms with Crippen molar-refractivity contribution in [2.24, 2.45) is 29.6 Å². The highest BCUT2D eigenvalue weighted by Gasteiger charge is 2.66. The van der Waals surface area contributed by atoms with E-state index in [0.717, 1.165) is 34.3 Å². The van der Waals surface area contributed by atoms with E-state index in [-0.39, 0.29) is 6.10 Å². The van der Waals surface area contributed by atoms with E-state index in [1.807, 2.05) is 24.3 Å². The molecule has 3 aliphatic rings. The fraction of sp³-hybridized carbons (Fsp3) is 0.600. The first-order valence-electron chi connectivity index (χ1n) is 6.70. The first-order valence-corrected chi connectivity index (χ1v) is 7.07. The van der Waals surface area contributed by atoms with Crippen LogP contribution in [0.5, 0.6) is 0 Å². The van der Waals surface area contributed by atoms with Gasteiger partial charge in [0.2, 0.25) is 0 Å². The molecule has 17 heavy (non-hydrogen) atoms. The van der Waals surface area contributed by atoms with Crippen LogP contribution >= 0.6 is 11.6 Å². The van der Waals surface area contributed by atoms with Gasteiger partial charge in [0.1, 0.15) is 0 Å². The van der Waals surface area contributed by atoms with E-state index in [1.54, 1.807) is 0 Å². The molecule has 2 heteroatoms. The Kier molecular flexibility index (Phi) is 2.13. The summed E-state index contributed by atoms with van der Waals surface area (Å²) in [5.74, 6) is 3.93. The maximum Gasteiger partial charge on any atom is 0.0838 e. The van der Waals surface area contributed by atoms with Crippen molar-refractivity contribution in [1.29, 1.82) is 0 Å². The Morgan fingerprint density at radius 3 is 2.41 bits per heavy atom. The van der Waals surface area contributed by atoms with Gasteiger partial charge in [0, 0.05) is 5.02 Å². The molecule has 3 saturated carbocycles. The van der Waals surface area contributed by atoms with E-state index in [4.69, 9.17) is 11.6 Å². The smallest absolute Gasteiger partial charge is 0.0838 e. The van der Waals surface area contributed by atoms with E-state index >= 15 is 0 Å². The van der Waals surface area contributed by atoms with Crippen LogP contribution in [-0.4, -0.2) is 5.11 Å². The Balaban J connectivity index is 1.60. The molecule has 0 amide bonds. The number of fused-ring (bicyclic) bond motifs is 5. The molecule has 0 saturated heterocycles. The molecule has 0 aromatic heterocycles. The lowest BCUT2D eigenvalue weighted by molar-refractivity contribution is 0.130. The summed E-state index contributed by atoms with van der Waals surface area (Å²) in [6.45, 7) is 0. The molecule has 4 rings (SSSR count). The van der Waals surface area contributed by atoms with Crippen LogP contribution in [0.1, 0.15) is 30.9 Å². The third-order valence-electron chi connectivity index (χ3n) is 5.38. The number of rotatable bonds is 2. The minimum atomic E-state index is -0.331. The second-order valence-corrected chi connectivity index (χ2v) is 6.44. The summed E-state index contributed by atoms with van der Waals surface area (Å²) >= 11 is 6.18. The molecule has 1 N–H and O–H groups in total. The van der Waals surface area contributed by atoms with Gasteiger partial charge in [0.25, 0.3) is 0 Å². The highest BCUT2D eigenvalue weighted by Crippen LogP contribution is 2.72. The largest absolute Gasteiger partial charge is 0.388 e. The van der Waals surface area contributed by atoms with Gasteiger partial charge in [-0.2, -0.15) is 0 Å². The summed E-state index contributed by atoms with van der Waals surface area (Å²) in [6, 6.07) is 7.75. The van der Waals surface area contributed by atoms with Crippen LogP contribution in [0.3, 0.4) is 0 Å². The molecule has 5 atom stereocenters. The molecule has 0 heterocycles. The SMILES string of the molecule is OC(c1ccccc1Cl)C1C2C3CCC(C3)C21. The highest BCUT2D eigenvalue weighted by atomic mass is 35.5. The summed E-state index contributed by atoms with van der Waals surface area (Å²) in [4.78, 5) is 0. The van der Waals surface area contributed by atoms with Crippen molar-refractivity contribution in [1.82, 2.24) is 0 Å². The number of benzene rings is 1. The molecule has 5 unspecified atom stereocenters. The number of aliphatic hydroxyl groups excluding tert-OH is 1. The molecule has 90 valence electrons. The maximum atomic E-state index is 10.5. The predicted molar refractivity (Wildman–Crippen MR) is 67.7 cm³/mol. The van der Waals surface area contributed by atoms with Crippen LogP contribution in [0.15, 0.2) is 24.3 Å².